The molecule has 0 radical (unpaired) electrons. The van der Waals surface area contributed by atoms with Gasteiger partial charge in [0, 0.05) is 19.7 Å². The number of piperidine rings is 1. The molecule has 1 aliphatic heterocycles. The van der Waals surface area contributed by atoms with Gasteiger partial charge in [-0.3, -0.25) is 4.79 Å². The molecule has 3 aromatic rings. The molecule has 0 atom stereocenters. The van der Waals surface area contributed by atoms with E-state index in [2.05, 4.69) is 23.2 Å². The minimum atomic E-state index is 0.216. The topological polar surface area (TPSA) is 42.4 Å². The van der Waals surface area contributed by atoms with Crippen molar-refractivity contribution in [1.82, 2.24) is 9.88 Å². The number of para-hydroxylation sites is 1. The minimum Gasteiger partial charge on any atom is -0.376 e. The number of amides is 1. The number of likely N-dealkylation sites (tertiary alicyclic amines) is 1. The number of benzene rings is 2. The van der Waals surface area contributed by atoms with Crippen molar-refractivity contribution >= 4 is 39.2 Å². The van der Waals surface area contributed by atoms with Gasteiger partial charge in [-0.2, -0.15) is 0 Å². The highest BCUT2D eigenvalue weighted by Gasteiger charge is 2.23. The molecule has 1 aromatic heterocycles. The molecule has 0 bridgehead atoms. The lowest BCUT2D eigenvalue weighted by molar-refractivity contribution is -0.130. The second-order valence-corrected chi connectivity index (χ2v) is 9.31. The number of fused-ring (bicyclic) bond motifs is 1. The molecule has 0 unspecified atom stereocenters. The first-order valence-electron chi connectivity index (χ1n) is 9.66. The van der Waals surface area contributed by atoms with Gasteiger partial charge in [0.1, 0.15) is 0 Å². The minimum absolute atomic E-state index is 0.216. The van der Waals surface area contributed by atoms with Gasteiger partial charge in [-0.1, -0.05) is 54.2 Å². The Balaban J connectivity index is 1.17. The molecule has 4 rings (SSSR count). The van der Waals surface area contributed by atoms with E-state index in [1.54, 1.807) is 23.1 Å². The molecule has 2 aromatic carbocycles. The Morgan fingerprint density at radius 2 is 1.86 bits per heavy atom. The maximum Gasteiger partial charge on any atom is 0.233 e. The van der Waals surface area contributed by atoms with Crippen molar-refractivity contribution in [3.8, 4) is 0 Å². The molecular formula is C22H24N2O2S2. The molecular weight excluding hydrogens is 388 g/mol. The number of hydrogen-bond acceptors (Lipinski definition) is 5. The fourth-order valence-electron chi connectivity index (χ4n) is 3.39. The van der Waals surface area contributed by atoms with Crippen LogP contribution in [0.3, 0.4) is 0 Å². The van der Waals surface area contributed by atoms with E-state index in [1.807, 2.05) is 41.3 Å². The molecule has 0 saturated carbocycles. The number of carbonyl (C=O) groups is 1. The zero-order chi connectivity index (χ0) is 19.2. The molecule has 1 amide bonds. The molecule has 4 nitrogen and oxygen atoms in total. The Labute approximate surface area is 173 Å². The third kappa shape index (κ3) is 5.13. The summed E-state index contributed by atoms with van der Waals surface area (Å²) in [4.78, 5) is 19.1. The van der Waals surface area contributed by atoms with Gasteiger partial charge in [-0.05, 0) is 36.5 Å². The number of rotatable bonds is 7. The predicted molar refractivity (Wildman–Crippen MR) is 116 cm³/mol. The second-order valence-electron chi connectivity index (χ2n) is 7.06. The number of nitrogens with zero attached hydrogens (tertiary/aromatic N) is 2. The number of ether oxygens (including phenoxy) is 1. The average Bonchev–Trinajstić information content (AvgIpc) is 3.16. The Hall–Kier alpha value is -1.89. The van der Waals surface area contributed by atoms with Crippen LogP contribution in [0.4, 0.5) is 0 Å². The van der Waals surface area contributed by atoms with Crippen LogP contribution in [0, 0.1) is 5.92 Å². The van der Waals surface area contributed by atoms with Crippen LogP contribution in [0.5, 0.6) is 0 Å². The Kier molecular flexibility index (Phi) is 6.62. The number of aromatic nitrogens is 1. The van der Waals surface area contributed by atoms with Gasteiger partial charge < -0.3 is 9.64 Å². The van der Waals surface area contributed by atoms with Crippen LogP contribution in [-0.4, -0.2) is 41.2 Å². The third-order valence-corrected chi connectivity index (χ3v) is 7.19. The van der Waals surface area contributed by atoms with Gasteiger partial charge in [-0.15, -0.1) is 11.3 Å². The summed E-state index contributed by atoms with van der Waals surface area (Å²) in [6.07, 6.45) is 2.04. The molecule has 1 saturated heterocycles. The van der Waals surface area contributed by atoms with Crippen molar-refractivity contribution < 1.29 is 9.53 Å². The van der Waals surface area contributed by atoms with Crippen LogP contribution in [0.25, 0.3) is 10.2 Å². The molecule has 1 aliphatic rings. The summed E-state index contributed by atoms with van der Waals surface area (Å²) in [6.45, 7) is 3.10. The largest absolute Gasteiger partial charge is 0.376 e. The average molecular weight is 413 g/mol. The second kappa shape index (κ2) is 9.54. The molecule has 0 N–H and O–H groups in total. The fourth-order valence-corrected chi connectivity index (χ4v) is 5.37. The summed E-state index contributed by atoms with van der Waals surface area (Å²) in [6, 6.07) is 18.4. The van der Waals surface area contributed by atoms with Crippen LogP contribution < -0.4 is 0 Å². The summed E-state index contributed by atoms with van der Waals surface area (Å²) in [5.74, 6) is 1.23. The van der Waals surface area contributed by atoms with Crippen molar-refractivity contribution in [1.29, 1.82) is 0 Å². The molecule has 28 heavy (non-hydrogen) atoms. The van der Waals surface area contributed by atoms with Crippen LogP contribution in [0.1, 0.15) is 18.4 Å². The molecule has 6 heteroatoms. The zero-order valence-corrected chi connectivity index (χ0v) is 17.4. The van der Waals surface area contributed by atoms with Crippen LogP contribution in [0.15, 0.2) is 58.9 Å². The highest BCUT2D eigenvalue weighted by Crippen LogP contribution is 2.29. The van der Waals surface area contributed by atoms with Crippen molar-refractivity contribution in [3.63, 3.8) is 0 Å². The normalized spacial score (nSPS) is 15.2. The maximum absolute atomic E-state index is 12.5. The van der Waals surface area contributed by atoms with Gasteiger partial charge in [0.25, 0.3) is 0 Å². The van der Waals surface area contributed by atoms with E-state index >= 15 is 0 Å². The molecule has 2 heterocycles. The van der Waals surface area contributed by atoms with Crippen molar-refractivity contribution in [2.75, 3.05) is 25.4 Å². The van der Waals surface area contributed by atoms with Gasteiger partial charge in [0.2, 0.25) is 5.91 Å². The van der Waals surface area contributed by atoms with E-state index in [4.69, 9.17) is 4.74 Å². The van der Waals surface area contributed by atoms with E-state index in [0.29, 0.717) is 18.3 Å². The first-order valence-corrected chi connectivity index (χ1v) is 11.5. The van der Waals surface area contributed by atoms with E-state index in [0.717, 1.165) is 42.4 Å². The number of carbonyl (C=O) groups excluding carboxylic acids is 1. The highest BCUT2D eigenvalue weighted by atomic mass is 32.2. The van der Waals surface area contributed by atoms with Gasteiger partial charge in [0.05, 0.1) is 22.6 Å². The lowest BCUT2D eigenvalue weighted by Crippen LogP contribution is -2.40. The van der Waals surface area contributed by atoms with E-state index in [9.17, 15) is 4.79 Å². The quantitative estimate of drug-likeness (QED) is 0.521. The molecule has 0 spiro atoms. The summed E-state index contributed by atoms with van der Waals surface area (Å²) in [7, 11) is 0. The lowest BCUT2D eigenvalue weighted by Gasteiger charge is -2.31. The third-order valence-electron chi connectivity index (χ3n) is 5.03. The van der Waals surface area contributed by atoms with Crippen LogP contribution >= 0.6 is 23.1 Å². The van der Waals surface area contributed by atoms with Gasteiger partial charge in [-0.25, -0.2) is 4.98 Å². The molecule has 146 valence electrons. The van der Waals surface area contributed by atoms with Crippen LogP contribution in [-0.2, 0) is 16.1 Å². The van der Waals surface area contributed by atoms with E-state index < -0.39 is 0 Å². The van der Waals surface area contributed by atoms with Crippen molar-refractivity contribution in [2.24, 2.45) is 5.92 Å². The fraction of sp³-hybridized carbons (Fsp3) is 0.364. The summed E-state index contributed by atoms with van der Waals surface area (Å²) >= 11 is 3.21. The van der Waals surface area contributed by atoms with Crippen LogP contribution in [0.2, 0.25) is 0 Å². The van der Waals surface area contributed by atoms with Gasteiger partial charge >= 0.3 is 0 Å². The standard InChI is InChI=1S/C22H24N2O2S2/c25-21(16-27-22-23-19-8-4-5-9-20(19)28-22)24-12-10-18(11-13-24)15-26-14-17-6-2-1-3-7-17/h1-9,18H,10-16H2. The Bertz CT molecular complexity index is 872. The number of thiazole rings is 1. The highest BCUT2D eigenvalue weighted by molar-refractivity contribution is 8.01. The lowest BCUT2D eigenvalue weighted by atomic mass is 9.98. The molecule has 1 fully saturated rings. The Morgan fingerprint density at radius 1 is 1.11 bits per heavy atom. The zero-order valence-electron chi connectivity index (χ0n) is 15.8. The van der Waals surface area contributed by atoms with E-state index in [1.165, 1.54) is 10.3 Å². The predicted octanol–water partition coefficient (Wildman–Crippen LogP) is 4.84. The summed E-state index contributed by atoms with van der Waals surface area (Å²) in [5, 5.41) is 0. The first kappa shape index (κ1) is 19.4. The monoisotopic (exact) mass is 412 g/mol. The summed E-state index contributed by atoms with van der Waals surface area (Å²) in [5.41, 5.74) is 2.22. The first-order chi connectivity index (χ1) is 13.8. The number of hydrogen-bond donors (Lipinski definition) is 0. The number of thioether (sulfide) groups is 1. The smallest absolute Gasteiger partial charge is 0.233 e. The summed E-state index contributed by atoms with van der Waals surface area (Å²) < 4.78 is 8.02. The van der Waals surface area contributed by atoms with Crippen molar-refractivity contribution in [3.05, 3.63) is 60.2 Å². The molecule has 0 aliphatic carbocycles. The Morgan fingerprint density at radius 3 is 2.64 bits per heavy atom. The van der Waals surface area contributed by atoms with Crippen molar-refractivity contribution in [2.45, 2.75) is 23.8 Å². The van der Waals surface area contributed by atoms with E-state index in [-0.39, 0.29) is 5.91 Å². The van der Waals surface area contributed by atoms with Gasteiger partial charge in [0.15, 0.2) is 4.34 Å². The maximum atomic E-state index is 12.5. The SMILES string of the molecule is O=C(CSc1nc2ccccc2s1)N1CCC(COCc2ccccc2)CC1.